The molecule has 0 unspecified atom stereocenters. The number of aliphatic hydroxyl groups excluding tert-OH is 1. The lowest BCUT2D eigenvalue weighted by molar-refractivity contribution is 0.282. The van der Waals surface area contributed by atoms with E-state index in [0.29, 0.717) is 0 Å². The Morgan fingerprint density at radius 2 is 2.00 bits per heavy atom. The molecule has 0 spiro atoms. The van der Waals surface area contributed by atoms with Crippen LogP contribution in [-0.4, -0.2) is 18.2 Å². The Bertz CT molecular complexity index is 309. The van der Waals surface area contributed by atoms with Crippen LogP contribution in [0.15, 0.2) is 18.2 Å². The number of nitrogens with zero attached hydrogens (tertiary/aromatic N) is 1. The van der Waals surface area contributed by atoms with Crippen molar-refractivity contribution in [1.82, 2.24) is 0 Å². The average molecular weight is 207 g/mol. The van der Waals surface area contributed by atoms with Crippen LogP contribution < -0.4 is 4.90 Å². The number of hydrogen-bond acceptors (Lipinski definition) is 2. The Hall–Kier alpha value is -1.02. The molecule has 2 nitrogen and oxygen atoms in total. The van der Waals surface area contributed by atoms with Crippen LogP contribution in [-0.2, 0) is 6.61 Å². The number of aryl methyl sites for hydroxylation is 1. The average Bonchev–Trinajstić information content (AvgIpc) is 2.26. The highest BCUT2D eigenvalue weighted by Gasteiger charge is 2.06. The fourth-order valence-electron chi connectivity index (χ4n) is 1.89. The SMILES string of the molecule is CCCN(CC)c1ccc(CO)cc1C. The molecule has 1 aromatic rings. The lowest BCUT2D eigenvalue weighted by atomic mass is 10.1. The minimum atomic E-state index is 0.126. The molecule has 0 aromatic heterocycles. The van der Waals surface area contributed by atoms with Crippen molar-refractivity contribution in [1.29, 1.82) is 0 Å². The summed E-state index contributed by atoms with van der Waals surface area (Å²) in [5.74, 6) is 0. The molecular formula is C13H21NO. The third kappa shape index (κ3) is 2.96. The maximum absolute atomic E-state index is 9.04. The monoisotopic (exact) mass is 207 g/mol. The van der Waals surface area contributed by atoms with E-state index in [-0.39, 0.29) is 6.61 Å². The van der Waals surface area contributed by atoms with Gasteiger partial charge in [-0.25, -0.2) is 0 Å². The third-order valence-electron chi connectivity index (χ3n) is 2.66. The molecule has 1 rings (SSSR count). The lowest BCUT2D eigenvalue weighted by Gasteiger charge is -2.24. The Labute approximate surface area is 92.5 Å². The summed E-state index contributed by atoms with van der Waals surface area (Å²) < 4.78 is 0. The molecule has 0 radical (unpaired) electrons. The first-order valence-corrected chi connectivity index (χ1v) is 5.68. The summed E-state index contributed by atoms with van der Waals surface area (Å²) in [5.41, 5.74) is 3.53. The van der Waals surface area contributed by atoms with Gasteiger partial charge in [0.2, 0.25) is 0 Å². The van der Waals surface area contributed by atoms with E-state index < -0.39 is 0 Å². The summed E-state index contributed by atoms with van der Waals surface area (Å²) in [6, 6.07) is 6.17. The van der Waals surface area contributed by atoms with Gasteiger partial charge in [0.15, 0.2) is 0 Å². The van der Waals surface area contributed by atoms with Crippen LogP contribution in [0.25, 0.3) is 0 Å². The normalized spacial score (nSPS) is 10.4. The first kappa shape index (κ1) is 12.1. The second kappa shape index (κ2) is 5.76. The van der Waals surface area contributed by atoms with E-state index in [0.717, 1.165) is 25.1 Å². The van der Waals surface area contributed by atoms with Crippen molar-refractivity contribution in [2.24, 2.45) is 0 Å². The molecule has 0 heterocycles. The van der Waals surface area contributed by atoms with Crippen LogP contribution in [0.2, 0.25) is 0 Å². The van der Waals surface area contributed by atoms with Gasteiger partial charge in [-0.3, -0.25) is 0 Å². The second-order valence-corrected chi connectivity index (χ2v) is 3.86. The molecule has 0 fully saturated rings. The molecule has 1 N–H and O–H groups in total. The summed E-state index contributed by atoms with van der Waals surface area (Å²) in [4.78, 5) is 2.37. The second-order valence-electron chi connectivity index (χ2n) is 3.86. The Morgan fingerprint density at radius 1 is 1.27 bits per heavy atom. The summed E-state index contributed by atoms with van der Waals surface area (Å²) in [7, 11) is 0. The molecule has 15 heavy (non-hydrogen) atoms. The van der Waals surface area contributed by atoms with Crippen molar-refractivity contribution in [3.63, 3.8) is 0 Å². The zero-order valence-electron chi connectivity index (χ0n) is 9.95. The molecule has 2 heteroatoms. The summed E-state index contributed by atoms with van der Waals surface area (Å²) in [6.45, 7) is 8.73. The van der Waals surface area contributed by atoms with E-state index in [4.69, 9.17) is 5.11 Å². The van der Waals surface area contributed by atoms with Crippen molar-refractivity contribution >= 4 is 5.69 Å². The maximum Gasteiger partial charge on any atom is 0.0681 e. The van der Waals surface area contributed by atoms with Crippen molar-refractivity contribution < 1.29 is 5.11 Å². The smallest absolute Gasteiger partial charge is 0.0681 e. The van der Waals surface area contributed by atoms with Gasteiger partial charge in [-0.05, 0) is 37.5 Å². The van der Waals surface area contributed by atoms with Crippen LogP contribution in [0.4, 0.5) is 5.69 Å². The topological polar surface area (TPSA) is 23.5 Å². The number of anilines is 1. The van der Waals surface area contributed by atoms with E-state index in [9.17, 15) is 0 Å². The molecule has 0 saturated carbocycles. The molecule has 0 aliphatic heterocycles. The van der Waals surface area contributed by atoms with E-state index in [1.54, 1.807) is 0 Å². The highest BCUT2D eigenvalue weighted by atomic mass is 16.3. The third-order valence-corrected chi connectivity index (χ3v) is 2.66. The van der Waals surface area contributed by atoms with Crippen LogP contribution in [0.3, 0.4) is 0 Å². The maximum atomic E-state index is 9.04. The molecule has 0 bridgehead atoms. The lowest BCUT2D eigenvalue weighted by Crippen LogP contribution is -2.24. The standard InChI is InChI=1S/C13H21NO/c1-4-8-14(5-2)13-7-6-12(10-15)9-11(13)3/h6-7,9,15H,4-5,8,10H2,1-3H3. The molecule has 0 aliphatic carbocycles. The molecule has 1 aromatic carbocycles. The molecule has 0 aliphatic rings. The first-order chi connectivity index (χ1) is 7.22. The van der Waals surface area contributed by atoms with Crippen LogP contribution in [0, 0.1) is 6.92 Å². The van der Waals surface area contributed by atoms with Gasteiger partial charge in [-0.1, -0.05) is 19.1 Å². The minimum Gasteiger partial charge on any atom is -0.392 e. The quantitative estimate of drug-likeness (QED) is 0.802. The predicted molar refractivity (Wildman–Crippen MR) is 65.3 cm³/mol. The van der Waals surface area contributed by atoms with Crippen LogP contribution in [0.5, 0.6) is 0 Å². The number of hydrogen-bond donors (Lipinski definition) is 1. The van der Waals surface area contributed by atoms with E-state index in [1.807, 2.05) is 6.07 Å². The van der Waals surface area contributed by atoms with Crippen LogP contribution in [0.1, 0.15) is 31.4 Å². The zero-order valence-corrected chi connectivity index (χ0v) is 9.95. The fraction of sp³-hybridized carbons (Fsp3) is 0.538. The minimum absolute atomic E-state index is 0.126. The van der Waals surface area contributed by atoms with Gasteiger partial charge in [-0.15, -0.1) is 0 Å². The van der Waals surface area contributed by atoms with Gasteiger partial charge in [0.25, 0.3) is 0 Å². The van der Waals surface area contributed by atoms with Gasteiger partial charge in [-0.2, -0.15) is 0 Å². The molecule has 0 amide bonds. The van der Waals surface area contributed by atoms with Gasteiger partial charge in [0.1, 0.15) is 0 Å². The summed E-state index contributed by atoms with van der Waals surface area (Å²) in [5, 5.41) is 9.04. The summed E-state index contributed by atoms with van der Waals surface area (Å²) in [6.07, 6.45) is 1.16. The molecule has 0 atom stereocenters. The van der Waals surface area contributed by atoms with Crippen LogP contribution >= 0.6 is 0 Å². The van der Waals surface area contributed by atoms with Gasteiger partial charge >= 0.3 is 0 Å². The van der Waals surface area contributed by atoms with Gasteiger partial charge in [0, 0.05) is 18.8 Å². The first-order valence-electron chi connectivity index (χ1n) is 5.68. The van der Waals surface area contributed by atoms with Crippen molar-refractivity contribution in [2.75, 3.05) is 18.0 Å². The largest absolute Gasteiger partial charge is 0.392 e. The van der Waals surface area contributed by atoms with Gasteiger partial charge < -0.3 is 10.0 Å². The van der Waals surface area contributed by atoms with Crippen molar-refractivity contribution in [2.45, 2.75) is 33.8 Å². The highest BCUT2D eigenvalue weighted by molar-refractivity contribution is 5.54. The molecular weight excluding hydrogens is 186 g/mol. The zero-order chi connectivity index (χ0) is 11.3. The van der Waals surface area contributed by atoms with E-state index in [1.165, 1.54) is 11.3 Å². The van der Waals surface area contributed by atoms with E-state index >= 15 is 0 Å². The number of rotatable bonds is 5. The van der Waals surface area contributed by atoms with Gasteiger partial charge in [0.05, 0.1) is 6.61 Å². The fourth-order valence-corrected chi connectivity index (χ4v) is 1.89. The number of benzene rings is 1. The Kier molecular flexibility index (Phi) is 4.63. The van der Waals surface area contributed by atoms with Crippen molar-refractivity contribution in [3.05, 3.63) is 29.3 Å². The highest BCUT2D eigenvalue weighted by Crippen LogP contribution is 2.21. The predicted octanol–water partition coefficient (Wildman–Crippen LogP) is 2.72. The molecule has 0 saturated heterocycles. The van der Waals surface area contributed by atoms with Crippen molar-refractivity contribution in [3.8, 4) is 0 Å². The summed E-state index contributed by atoms with van der Waals surface area (Å²) >= 11 is 0. The van der Waals surface area contributed by atoms with E-state index in [2.05, 4.69) is 37.8 Å². The molecule has 84 valence electrons. The Morgan fingerprint density at radius 3 is 2.47 bits per heavy atom. The Balaban J connectivity index is 2.92. The number of aliphatic hydroxyl groups is 1.